The molecule has 1 spiro atoms. The second-order valence-electron chi connectivity index (χ2n) is 18.5. The van der Waals surface area contributed by atoms with E-state index < -0.39 is 117 Å². The van der Waals surface area contributed by atoms with Crippen LogP contribution < -0.4 is 15.5 Å². The third-order valence-corrected chi connectivity index (χ3v) is 16.2. The van der Waals surface area contributed by atoms with E-state index in [9.17, 15) is 65.1 Å². The van der Waals surface area contributed by atoms with Crippen LogP contribution >= 0.6 is 0 Å². The van der Waals surface area contributed by atoms with Gasteiger partial charge in [0.25, 0.3) is 17.7 Å². The number of nitrogens with zero attached hydrogens (tertiary/aromatic N) is 2. The topological polar surface area (TPSA) is 329 Å². The number of aliphatic hydroxyl groups excluding tert-OH is 9. The van der Waals surface area contributed by atoms with Gasteiger partial charge in [-0.2, -0.15) is 0 Å². The molecule has 3 saturated heterocycles. The molecule has 8 rings (SSSR count). The standard InChI is InChI=1S/C45H56N4O17Si/c1-20-39(67(2,3)63)29(16-30(51)48-18-23-9-5-4-8-22(23)14-26(48)19-50)66-45(20)27-15-25(47-41(59)38-34(55)32(53)36(57)43(61)65-38)11-12-28(27)49(44(45)62)17-21-7-6-10-24(13-21)46-40(58)37-33(54)31(52)35(56)42(60)64-37/h4-13,15,20,26,29,31-39,42-43,50,52-57,60-61,63H,14,16-19H2,1-3H3,(H,46,58)(H,47,59)/t20-,26+,29+,31+,32+,33+,34+,35-,36-,37+,38+,39-,42-,43-,45+/m1/s1. The van der Waals surface area contributed by atoms with Crippen LogP contribution in [-0.2, 0) is 58.5 Å². The first kappa shape index (κ1) is 48.7. The summed E-state index contributed by atoms with van der Waals surface area (Å²) >= 11 is 0. The van der Waals surface area contributed by atoms with Crippen LogP contribution in [0.15, 0.2) is 66.7 Å². The van der Waals surface area contributed by atoms with E-state index in [0.29, 0.717) is 17.7 Å². The van der Waals surface area contributed by atoms with Crippen LogP contribution in [-0.4, -0.2) is 168 Å². The molecule has 3 aromatic rings. The van der Waals surface area contributed by atoms with E-state index in [-0.39, 0.29) is 49.0 Å². The van der Waals surface area contributed by atoms with Gasteiger partial charge in [0.2, 0.25) is 5.91 Å². The van der Waals surface area contributed by atoms with Gasteiger partial charge in [0.1, 0.15) is 36.6 Å². The first-order chi connectivity index (χ1) is 31.7. The predicted octanol–water partition coefficient (Wildman–Crippen LogP) is -2.16. The quantitative estimate of drug-likeness (QED) is 0.0964. The third-order valence-electron chi connectivity index (χ3n) is 13.7. The summed E-state index contributed by atoms with van der Waals surface area (Å²) in [6.07, 6.45) is -19.8. The number of hydrogen-bond acceptors (Lipinski definition) is 17. The molecule has 3 fully saturated rings. The van der Waals surface area contributed by atoms with Gasteiger partial charge in [-0.3, -0.25) is 19.2 Å². The van der Waals surface area contributed by atoms with Crippen molar-refractivity contribution in [1.82, 2.24) is 4.90 Å². The smallest absolute Gasteiger partial charge is 0.264 e. The zero-order chi connectivity index (χ0) is 48.4. The Morgan fingerprint density at radius 3 is 1.93 bits per heavy atom. The normalized spacial score (nSPS) is 35.0. The largest absolute Gasteiger partial charge is 0.432 e. The number of fused-ring (bicyclic) bond motifs is 3. The summed E-state index contributed by atoms with van der Waals surface area (Å²) in [5.41, 5.74) is 0.559. The first-order valence-corrected chi connectivity index (χ1v) is 25.0. The Labute approximate surface area is 384 Å². The molecule has 67 heavy (non-hydrogen) atoms. The average Bonchev–Trinajstić information content (AvgIpc) is 3.71. The Balaban J connectivity index is 1.12. The van der Waals surface area contributed by atoms with Gasteiger partial charge in [-0.25, -0.2) is 0 Å². The van der Waals surface area contributed by atoms with Gasteiger partial charge >= 0.3 is 0 Å². The Kier molecular flexibility index (Phi) is 13.5. The minimum atomic E-state index is -3.35. The van der Waals surface area contributed by atoms with Crippen LogP contribution in [0.3, 0.4) is 0 Å². The molecule has 0 unspecified atom stereocenters. The summed E-state index contributed by atoms with van der Waals surface area (Å²) in [4.78, 5) is 71.5. The van der Waals surface area contributed by atoms with Crippen LogP contribution in [0, 0.1) is 5.92 Å². The van der Waals surface area contributed by atoms with Crippen molar-refractivity contribution in [3.63, 3.8) is 0 Å². The summed E-state index contributed by atoms with van der Waals surface area (Å²) < 4.78 is 17.1. The summed E-state index contributed by atoms with van der Waals surface area (Å²) in [7, 11) is -3.35. The number of hydrogen-bond donors (Lipinski definition) is 12. The van der Waals surface area contributed by atoms with Crippen molar-refractivity contribution < 1.29 is 84.1 Å². The molecule has 362 valence electrons. The maximum Gasteiger partial charge on any atom is 0.264 e. The van der Waals surface area contributed by atoms with E-state index in [2.05, 4.69) is 10.6 Å². The molecule has 15 atom stereocenters. The zero-order valence-electron chi connectivity index (χ0n) is 36.7. The average molecular weight is 953 g/mol. The number of anilines is 3. The van der Waals surface area contributed by atoms with Crippen molar-refractivity contribution in [2.45, 2.75) is 131 Å². The van der Waals surface area contributed by atoms with Crippen LogP contribution in [0.1, 0.15) is 35.6 Å². The number of amides is 4. The number of carbonyl (C=O) groups is 4. The van der Waals surface area contributed by atoms with Crippen LogP contribution in [0.25, 0.3) is 0 Å². The van der Waals surface area contributed by atoms with Crippen LogP contribution in [0.5, 0.6) is 0 Å². The molecule has 5 heterocycles. The molecule has 0 aliphatic carbocycles. The highest BCUT2D eigenvalue weighted by Crippen LogP contribution is 2.60. The number of ether oxygens (including phenoxy) is 3. The minimum Gasteiger partial charge on any atom is -0.432 e. The molecule has 3 aromatic carbocycles. The van der Waals surface area contributed by atoms with Gasteiger partial charge < -0.3 is 85.4 Å². The Morgan fingerprint density at radius 1 is 0.761 bits per heavy atom. The van der Waals surface area contributed by atoms with Crippen molar-refractivity contribution in [3.05, 3.63) is 89.0 Å². The fourth-order valence-electron chi connectivity index (χ4n) is 10.4. The molecule has 5 aliphatic heterocycles. The fraction of sp³-hybridized carbons (Fsp3) is 0.511. The molecule has 0 bridgehead atoms. The molecular weight excluding hydrogens is 897 g/mol. The molecule has 0 saturated carbocycles. The summed E-state index contributed by atoms with van der Waals surface area (Å²) in [6.45, 7) is 4.90. The molecule has 4 amide bonds. The molecule has 12 N–H and O–H groups in total. The lowest BCUT2D eigenvalue weighted by Gasteiger charge is -2.37. The molecular formula is C45H56N4O17Si. The third kappa shape index (κ3) is 8.80. The van der Waals surface area contributed by atoms with Gasteiger partial charge in [-0.05, 0) is 66.5 Å². The Morgan fingerprint density at radius 2 is 1.34 bits per heavy atom. The SMILES string of the molecule is C[C@@H]1[C@@H]([Si](C)(C)O)[C@H](CC(=O)N2Cc3ccccc3C[C@H]2CO)O[C@@]12C(=O)N(Cc1cccc(NC(=O)[C@H]3O[C@@H](O)[C@H](O)[C@@H](O)[C@@H]3O)c1)c1ccc(NC(=O)[C@H]3O[C@@H](O)[C@H](O)[C@@H](O)[C@@H]3O)cc12. The van der Waals surface area contributed by atoms with E-state index >= 15 is 4.79 Å². The zero-order valence-corrected chi connectivity index (χ0v) is 37.7. The number of carbonyl (C=O) groups excluding carboxylic acids is 4. The lowest BCUT2D eigenvalue weighted by atomic mass is 9.82. The van der Waals surface area contributed by atoms with E-state index in [0.717, 1.165) is 11.1 Å². The highest BCUT2D eigenvalue weighted by Gasteiger charge is 2.67. The van der Waals surface area contributed by atoms with Gasteiger partial charge in [0, 0.05) is 34.9 Å². The Hall–Kier alpha value is -4.76. The number of rotatable bonds is 10. The molecule has 22 heteroatoms. The Bertz CT molecular complexity index is 2390. The van der Waals surface area contributed by atoms with Gasteiger partial charge in [-0.1, -0.05) is 43.3 Å². The van der Waals surface area contributed by atoms with Crippen molar-refractivity contribution in [1.29, 1.82) is 0 Å². The van der Waals surface area contributed by atoms with Crippen LogP contribution in [0.4, 0.5) is 17.1 Å². The summed E-state index contributed by atoms with van der Waals surface area (Å²) in [5.74, 6) is -3.71. The molecule has 21 nitrogen and oxygen atoms in total. The lowest BCUT2D eigenvalue weighted by Crippen LogP contribution is -2.60. The maximum atomic E-state index is 15.4. The van der Waals surface area contributed by atoms with Gasteiger partial charge in [0.05, 0.1) is 37.4 Å². The van der Waals surface area contributed by atoms with Gasteiger partial charge in [0.15, 0.2) is 38.7 Å². The van der Waals surface area contributed by atoms with E-state index in [4.69, 9.17) is 14.2 Å². The van der Waals surface area contributed by atoms with E-state index in [1.807, 2.05) is 24.3 Å². The van der Waals surface area contributed by atoms with E-state index in [1.54, 1.807) is 37.1 Å². The fourth-order valence-corrected chi connectivity index (χ4v) is 12.9. The number of nitrogens with one attached hydrogen (secondary N) is 2. The highest BCUT2D eigenvalue weighted by atomic mass is 28.4. The molecule has 0 radical (unpaired) electrons. The number of benzene rings is 3. The van der Waals surface area contributed by atoms with E-state index in [1.165, 1.54) is 35.2 Å². The van der Waals surface area contributed by atoms with Crippen molar-refractivity contribution in [2.24, 2.45) is 5.92 Å². The monoisotopic (exact) mass is 952 g/mol. The maximum absolute atomic E-state index is 15.4. The highest BCUT2D eigenvalue weighted by molar-refractivity contribution is 6.71. The predicted molar refractivity (Wildman–Crippen MR) is 234 cm³/mol. The second-order valence-corrected chi connectivity index (χ2v) is 22.5. The molecule has 5 aliphatic rings. The summed E-state index contributed by atoms with van der Waals surface area (Å²) in [5, 5.41) is 96.9. The van der Waals surface area contributed by atoms with Crippen LogP contribution in [0.2, 0.25) is 18.6 Å². The first-order valence-electron chi connectivity index (χ1n) is 22.0. The lowest BCUT2D eigenvalue weighted by molar-refractivity contribution is -0.274. The second kappa shape index (κ2) is 18.6. The minimum absolute atomic E-state index is 0.0633. The summed E-state index contributed by atoms with van der Waals surface area (Å²) in [6, 6.07) is 17.8. The van der Waals surface area contributed by atoms with Crippen molar-refractivity contribution in [2.75, 3.05) is 22.1 Å². The van der Waals surface area contributed by atoms with Crippen molar-refractivity contribution >= 4 is 49.0 Å². The van der Waals surface area contributed by atoms with Gasteiger partial charge in [-0.15, -0.1) is 0 Å². The molecule has 0 aromatic heterocycles. The van der Waals surface area contributed by atoms with Crippen molar-refractivity contribution in [3.8, 4) is 0 Å². The number of aliphatic hydroxyl groups is 9.